The van der Waals surface area contributed by atoms with Crippen LogP contribution in [0, 0.1) is 0 Å². The maximum Gasteiger partial charge on any atom is 0.320 e. The monoisotopic (exact) mass is 397 g/mol. The highest BCUT2D eigenvalue weighted by Gasteiger charge is 2.31. The number of hydrogen-bond acceptors (Lipinski definition) is 7. The van der Waals surface area contributed by atoms with Crippen LogP contribution in [0.3, 0.4) is 0 Å². The molecule has 2 heterocycles. The molecule has 5 N–H and O–H groups in total. The predicted molar refractivity (Wildman–Crippen MR) is 103 cm³/mol. The van der Waals surface area contributed by atoms with E-state index in [1.807, 2.05) is 0 Å². The number of aryl methyl sites for hydroxylation is 1. The van der Waals surface area contributed by atoms with Gasteiger partial charge in [-0.1, -0.05) is 0 Å². The van der Waals surface area contributed by atoms with Gasteiger partial charge < -0.3 is 26.3 Å². The first-order valence-electron chi connectivity index (χ1n) is 8.74. The number of carboxylic acids is 1. The minimum absolute atomic E-state index is 0.0836. The van der Waals surface area contributed by atoms with E-state index in [-0.39, 0.29) is 10.5 Å². The molecule has 0 bridgehead atoms. The number of amides is 1. The number of carbonyl (C=O) groups is 3. The Bertz CT molecular complexity index is 706. The zero-order valence-electron chi connectivity index (χ0n) is 14.3. The summed E-state index contributed by atoms with van der Waals surface area (Å²) in [7, 11) is 0. The van der Waals surface area contributed by atoms with Gasteiger partial charge in [0.25, 0.3) is 5.91 Å². The summed E-state index contributed by atoms with van der Waals surface area (Å²) in [6.45, 7) is 0.966. The van der Waals surface area contributed by atoms with E-state index in [2.05, 4.69) is 10.6 Å². The first-order chi connectivity index (χ1) is 12.5. The van der Waals surface area contributed by atoms with Gasteiger partial charge in [-0.05, 0) is 37.7 Å². The van der Waals surface area contributed by atoms with E-state index in [4.69, 9.17) is 10.8 Å². The van der Waals surface area contributed by atoms with Gasteiger partial charge in [-0.2, -0.15) is 0 Å². The Balaban J connectivity index is 1.62. The Morgan fingerprint density at radius 2 is 2.19 bits per heavy atom. The molecule has 3 rings (SSSR count). The molecule has 0 saturated carbocycles. The molecule has 0 aromatic carbocycles. The molecule has 0 spiro atoms. The van der Waals surface area contributed by atoms with E-state index in [9.17, 15) is 14.4 Å². The lowest BCUT2D eigenvalue weighted by Crippen LogP contribution is -2.29. The lowest BCUT2D eigenvalue weighted by molar-refractivity contribution is -0.139. The number of aliphatic carboxylic acids is 1. The van der Waals surface area contributed by atoms with Crippen LogP contribution in [-0.2, 0) is 22.4 Å². The fourth-order valence-electron chi connectivity index (χ4n) is 3.51. The third kappa shape index (κ3) is 4.21. The van der Waals surface area contributed by atoms with Gasteiger partial charge in [-0.3, -0.25) is 9.59 Å². The van der Waals surface area contributed by atoms with Crippen molar-refractivity contribution in [2.45, 2.75) is 48.6 Å². The quantitative estimate of drug-likeness (QED) is 0.487. The topological polar surface area (TPSA) is 122 Å². The molecule has 3 unspecified atom stereocenters. The van der Waals surface area contributed by atoms with Gasteiger partial charge in [0, 0.05) is 23.2 Å². The van der Waals surface area contributed by atoms with Gasteiger partial charge in [0.05, 0.1) is 10.8 Å². The van der Waals surface area contributed by atoms with Crippen LogP contribution >= 0.6 is 23.1 Å². The van der Waals surface area contributed by atoms with Crippen molar-refractivity contribution in [1.29, 1.82) is 0 Å². The maximum absolute atomic E-state index is 11.9. The molecule has 1 aromatic heterocycles. The first-order valence-corrected chi connectivity index (χ1v) is 10.5. The van der Waals surface area contributed by atoms with Crippen molar-refractivity contribution in [2.75, 3.05) is 18.4 Å². The van der Waals surface area contributed by atoms with E-state index in [0.717, 1.165) is 42.5 Å². The number of anilines is 1. The summed E-state index contributed by atoms with van der Waals surface area (Å²) in [5.74, 6) is -1.28. The van der Waals surface area contributed by atoms with Gasteiger partial charge in [0.15, 0.2) is 0 Å². The van der Waals surface area contributed by atoms with Crippen LogP contribution in [0.4, 0.5) is 5.00 Å². The molecule has 1 fully saturated rings. The summed E-state index contributed by atoms with van der Waals surface area (Å²) in [4.78, 5) is 35.6. The minimum atomic E-state index is -0.857. The number of thiophene rings is 1. The highest BCUT2D eigenvalue weighted by atomic mass is 32.2. The fourth-order valence-corrected chi connectivity index (χ4v) is 6.05. The number of rotatable bonds is 8. The number of hydrogen-bond donors (Lipinski definition) is 4. The van der Waals surface area contributed by atoms with Crippen LogP contribution in [-0.4, -0.2) is 52.9 Å². The Morgan fingerprint density at radius 3 is 2.85 bits per heavy atom. The SMILES string of the molecule is NC(=O)c1c(NCC(C=O)SC2CNC(C(=O)O)C2)sc2c1CCCC2. The summed E-state index contributed by atoms with van der Waals surface area (Å²) < 4.78 is 0. The maximum atomic E-state index is 11.9. The normalized spacial score (nSPS) is 23.2. The third-order valence-electron chi connectivity index (χ3n) is 4.79. The van der Waals surface area contributed by atoms with Crippen LogP contribution in [0.15, 0.2) is 0 Å². The number of nitrogens with two attached hydrogens (primary N) is 1. The average Bonchev–Trinajstić information content (AvgIpc) is 3.22. The molecule has 3 atom stereocenters. The number of carbonyl (C=O) groups excluding carboxylic acids is 2. The van der Waals surface area contributed by atoms with Crippen LogP contribution in [0.25, 0.3) is 0 Å². The summed E-state index contributed by atoms with van der Waals surface area (Å²) >= 11 is 3.04. The zero-order chi connectivity index (χ0) is 18.7. The number of nitrogens with one attached hydrogen (secondary N) is 2. The lowest BCUT2D eigenvalue weighted by Gasteiger charge is -2.16. The third-order valence-corrected chi connectivity index (χ3v) is 7.41. The Kier molecular flexibility index (Phi) is 6.20. The lowest BCUT2D eigenvalue weighted by atomic mass is 9.95. The van der Waals surface area contributed by atoms with Gasteiger partial charge in [-0.25, -0.2) is 0 Å². The van der Waals surface area contributed by atoms with E-state index in [1.165, 1.54) is 16.6 Å². The Morgan fingerprint density at radius 1 is 1.42 bits per heavy atom. The van der Waals surface area contributed by atoms with Crippen molar-refractivity contribution in [3.8, 4) is 0 Å². The molecule has 1 saturated heterocycles. The molecule has 0 radical (unpaired) electrons. The highest BCUT2D eigenvalue weighted by Crippen LogP contribution is 2.38. The summed E-state index contributed by atoms with van der Waals surface area (Å²) in [6.07, 6.45) is 5.42. The zero-order valence-corrected chi connectivity index (χ0v) is 16.0. The van der Waals surface area contributed by atoms with Gasteiger partial charge in [0.2, 0.25) is 0 Å². The second-order valence-electron chi connectivity index (χ2n) is 6.63. The smallest absolute Gasteiger partial charge is 0.320 e. The molecule has 26 heavy (non-hydrogen) atoms. The second kappa shape index (κ2) is 8.41. The molecule has 1 aliphatic heterocycles. The number of thioether (sulfide) groups is 1. The molecule has 142 valence electrons. The van der Waals surface area contributed by atoms with Gasteiger partial charge in [0.1, 0.15) is 17.3 Å². The summed E-state index contributed by atoms with van der Waals surface area (Å²) in [5.41, 5.74) is 7.23. The average molecular weight is 398 g/mol. The molecule has 1 aromatic rings. The fraction of sp³-hybridized carbons (Fsp3) is 0.588. The van der Waals surface area contributed by atoms with E-state index in [0.29, 0.717) is 25.1 Å². The second-order valence-corrected chi connectivity index (χ2v) is 9.28. The number of aldehydes is 1. The van der Waals surface area contributed by atoms with Crippen LogP contribution in [0.5, 0.6) is 0 Å². The van der Waals surface area contributed by atoms with Crippen molar-refractivity contribution in [1.82, 2.24) is 5.32 Å². The van der Waals surface area contributed by atoms with E-state index >= 15 is 0 Å². The Hall–Kier alpha value is -1.58. The largest absolute Gasteiger partial charge is 0.480 e. The standard InChI is InChI=1S/C17H23N3O4S2/c18-15(22)14-11-3-1-2-4-13(11)26-16(14)20-7-10(8-21)25-9-5-12(17(23)24)19-6-9/h8-10,12,19-20H,1-7H2,(H2,18,22)(H,23,24). The molecule has 1 amide bonds. The molecule has 2 aliphatic rings. The highest BCUT2D eigenvalue weighted by molar-refractivity contribution is 8.01. The summed E-state index contributed by atoms with van der Waals surface area (Å²) in [5, 5.41) is 15.8. The van der Waals surface area contributed by atoms with Crippen molar-refractivity contribution >= 4 is 46.3 Å². The number of fused-ring (bicyclic) bond motifs is 1. The number of primary amides is 1. The molecular weight excluding hydrogens is 374 g/mol. The number of carboxylic acid groups (broad SMARTS) is 1. The van der Waals surface area contributed by atoms with Crippen molar-refractivity contribution in [3.63, 3.8) is 0 Å². The minimum Gasteiger partial charge on any atom is -0.480 e. The molecule has 7 nitrogen and oxygen atoms in total. The van der Waals surface area contributed by atoms with Crippen LogP contribution in [0.1, 0.15) is 40.1 Å². The molecule has 9 heteroatoms. The molecular formula is C17H23N3O4S2. The van der Waals surface area contributed by atoms with Gasteiger partial charge in [-0.15, -0.1) is 23.1 Å². The summed E-state index contributed by atoms with van der Waals surface area (Å²) in [6, 6.07) is -0.543. The van der Waals surface area contributed by atoms with Crippen molar-refractivity contribution in [3.05, 3.63) is 16.0 Å². The van der Waals surface area contributed by atoms with E-state index < -0.39 is 17.9 Å². The van der Waals surface area contributed by atoms with Crippen molar-refractivity contribution < 1.29 is 19.5 Å². The Labute approximate surface area is 160 Å². The molecule has 1 aliphatic carbocycles. The first kappa shape index (κ1) is 19.2. The predicted octanol–water partition coefficient (Wildman–Crippen LogP) is 1.25. The van der Waals surface area contributed by atoms with Crippen LogP contribution < -0.4 is 16.4 Å². The van der Waals surface area contributed by atoms with E-state index in [1.54, 1.807) is 11.3 Å². The van der Waals surface area contributed by atoms with Crippen molar-refractivity contribution in [2.24, 2.45) is 5.73 Å². The van der Waals surface area contributed by atoms with Crippen LogP contribution in [0.2, 0.25) is 0 Å². The van der Waals surface area contributed by atoms with Gasteiger partial charge >= 0.3 is 5.97 Å².